The van der Waals surface area contributed by atoms with Crippen LogP contribution in [0.15, 0.2) is 53.1 Å². The average Bonchev–Trinajstić information content (AvgIpc) is 3.34. The SMILES string of the molecule is Cc1nc(-c2ccco2)cc([C@@H]2CN3CC[C@H]2C[C@@H]3CNCc2cccc(C#N)c2)n1. The zero-order chi connectivity index (χ0) is 21.2. The van der Waals surface area contributed by atoms with E-state index in [-0.39, 0.29) is 0 Å². The normalized spacial score (nSPS) is 24.8. The van der Waals surface area contributed by atoms with E-state index in [1.165, 1.54) is 12.8 Å². The molecule has 1 unspecified atom stereocenters. The van der Waals surface area contributed by atoms with Gasteiger partial charge in [-0.2, -0.15) is 5.26 Å². The molecule has 158 valence electrons. The van der Waals surface area contributed by atoms with E-state index >= 15 is 0 Å². The van der Waals surface area contributed by atoms with Crippen molar-refractivity contribution < 1.29 is 4.42 Å². The summed E-state index contributed by atoms with van der Waals surface area (Å²) in [7, 11) is 0. The number of nitrogens with one attached hydrogen (secondary N) is 1. The molecule has 1 aromatic carbocycles. The Bertz CT molecular complexity index is 1090. The molecule has 0 radical (unpaired) electrons. The van der Waals surface area contributed by atoms with Crippen molar-refractivity contribution in [3.63, 3.8) is 0 Å². The van der Waals surface area contributed by atoms with E-state index in [1.54, 1.807) is 6.26 Å². The first-order chi connectivity index (χ1) is 15.2. The fourth-order valence-electron chi connectivity index (χ4n) is 5.15. The van der Waals surface area contributed by atoms with E-state index in [4.69, 9.17) is 14.7 Å². The van der Waals surface area contributed by atoms with Crippen LogP contribution in [0, 0.1) is 24.2 Å². The lowest BCUT2D eigenvalue weighted by atomic mass is 9.74. The summed E-state index contributed by atoms with van der Waals surface area (Å²) >= 11 is 0. The summed E-state index contributed by atoms with van der Waals surface area (Å²) in [5.41, 5.74) is 3.90. The van der Waals surface area contributed by atoms with Crippen molar-refractivity contribution in [3.05, 3.63) is 71.4 Å². The Morgan fingerprint density at radius 3 is 2.94 bits per heavy atom. The smallest absolute Gasteiger partial charge is 0.152 e. The van der Waals surface area contributed by atoms with E-state index in [1.807, 2.05) is 37.3 Å². The fourth-order valence-corrected chi connectivity index (χ4v) is 5.15. The molecular formula is C25H27N5O. The molecule has 0 aliphatic carbocycles. The number of furan rings is 1. The predicted octanol–water partition coefficient (Wildman–Crippen LogP) is 3.88. The number of aryl methyl sites for hydroxylation is 1. The molecule has 6 nitrogen and oxygen atoms in total. The van der Waals surface area contributed by atoms with Gasteiger partial charge in [0.25, 0.3) is 0 Å². The molecule has 0 amide bonds. The highest BCUT2D eigenvalue weighted by atomic mass is 16.3. The quantitative estimate of drug-likeness (QED) is 0.661. The Morgan fingerprint density at radius 1 is 1.23 bits per heavy atom. The molecule has 3 aliphatic rings. The van der Waals surface area contributed by atoms with Crippen LogP contribution in [0.3, 0.4) is 0 Å². The summed E-state index contributed by atoms with van der Waals surface area (Å²) in [5, 5.41) is 12.7. The molecular weight excluding hydrogens is 386 g/mol. The van der Waals surface area contributed by atoms with Gasteiger partial charge in [-0.15, -0.1) is 0 Å². The number of rotatable bonds is 6. The van der Waals surface area contributed by atoms with Crippen molar-refractivity contribution in [1.29, 1.82) is 5.26 Å². The molecule has 3 aliphatic heterocycles. The lowest BCUT2D eigenvalue weighted by molar-refractivity contribution is 0.0292. The molecule has 1 N–H and O–H groups in total. The van der Waals surface area contributed by atoms with Gasteiger partial charge in [-0.05, 0) is 68.1 Å². The Balaban J connectivity index is 1.24. The molecule has 3 aromatic rings. The highest BCUT2D eigenvalue weighted by Gasteiger charge is 2.41. The highest BCUT2D eigenvalue weighted by molar-refractivity contribution is 5.52. The molecule has 2 bridgehead atoms. The van der Waals surface area contributed by atoms with Gasteiger partial charge in [0, 0.05) is 37.3 Å². The topological polar surface area (TPSA) is 78.0 Å². The van der Waals surface area contributed by atoms with Gasteiger partial charge in [0.05, 0.1) is 17.9 Å². The molecule has 3 saturated heterocycles. The van der Waals surface area contributed by atoms with Gasteiger partial charge in [0.15, 0.2) is 5.76 Å². The number of nitrogens with zero attached hydrogens (tertiary/aromatic N) is 4. The number of aromatic nitrogens is 2. The molecule has 0 spiro atoms. The summed E-state index contributed by atoms with van der Waals surface area (Å²) in [5.74, 6) is 2.71. The van der Waals surface area contributed by atoms with E-state index in [0.717, 1.165) is 60.3 Å². The van der Waals surface area contributed by atoms with Crippen LogP contribution in [0.4, 0.5) is 0 Å². The Hall–Kier alpha value is -3.01. The van der Waals surface area contributed by atoms with E-state index in [2.05, 4.69) is 33.4 Å². The highest BCUT2D eigenvalue weighted by Crippen LogP contribution is 2.41. The van der Waals surface area contributed by atoms with Crippen molar-refractivity contribution in [2.45, 2.75) is 38.3 Å². The third-order valence-corrected chi connectivity index (χ3v) is 6.66. The van der Waals surface area contributed by atoms with Crippen LogP contribution >= 0.6 is 0 Å². The summed E-state index contributed by atoms with van der Waals surface area (Å²) < 4.78 is 5.56. The van der Waals surface area contributed by atoms with Gasteiger partial charge in [-0.1, -0.05) is 12.1 Å². The molecule has 6 heteroatoms. The van der Waals surface area contributed by atoms with Crippen LogP contribution in [0.5, 0.6) is 0 Å². The van der Waals surface area contributed by atoms with Crippen molar-refractivity contribution in [3.8, 4) is 17.5 Å². The second kappa shape index (κ2) is 8.62. The minimum atomic E-state index is 0.452. The second-order valence-electron chi connectivity index (χ2n) is 8.69. The Morgan fingerprint density at radius 2 is 2.16 bits per heavy atom. The number of fused-ring (bicyclic) bond motifs is 3. The maximum Gasteiger partial charge on any atom is 0.152 e. The van der Waals surface area contributed by atoms with Crippen LogP contribution in [-0.2, 0) is 6.54 Å². The van der Waals surface area contributed by atoms with Crippen molar-refractivity contribution in [1.82, 2.24) is 20.2 Å². The van der Waals surface area contributed by atoms with Crippen molar-refractivity contribution in [2.24, 2.45) is 5.92 Å². The van der Waals surface area contributed by atoms with E-state index < -0.39 is 0 Å². The first kappa shape index (κ1) is 19.9. The van der Waals surface area contributed by atoms with Gasteiger partial charge in [-0.3, -0.25) is 4.90 Å². The van der Waals surface area contributed by atoms with Gasteiger partial charge < -0.3 is 9.73 Å². The third-order valence-electron chi connectivity index (χ3n) is 6.66. The standard InChI is InChI=1S/C25H27N5O/c1-17-28-23(12-24(29-17)25-6-3-9-31-25)22-16-30-8-7-20(22)11-21(30)15-27-14-19-5-2-4-18(10-19)13-26/h2-6,9-10,12,20-22,27H,7-8,11,14-16H2,1H3/t20-,21+,22+/m0/s1. The van der Waals surface area contributed by atoms with Gasteiger partial charge in [0.2, 0.25) is 0 Å². The van der Waals surface area contributed by atoms with Crippen molar-refractivity contribution in [2.75, 3.05) is 19.6 Å². The van der Waals surface area contributed by atoms with Crippen LogP contribution in [0.2, 0.25) is 0 Å². The summed E-state index contributed by atoms with van der Waals surface area (Å²) in [6.45, 7) is 5.94. The molecule has 3 fully saturated rings. The first-order valence-corrected chi connectivity index (χ1v) is 11.0. The molecule has 31 heavy (non-hydrogen) atoms. The molecule has 5 heterocycles. The predicted molar refractivity (Wildman–Crippen MR) is 118 cm³/mol. The van der Waals surface area contributed by atoms with Crippen molar-refractivity contribution >= 4 is 0 Å². The zero-order valence-corrected chi connectivity index (χ0v) is 17.8. The number of piperidine rings is 3. The second-order valence-corrected chi connectivity index (χ2v) is 8.69. The first-order valence-electron chi connectivity index (χ1n) is 11.0. The van der Waals surface area contributed by atoms with Gasteiger partial charge >= 0.3 is 0 Å². The van der Waals surface area contributed by atoms with Crippen LogP contribution in [0.25, 0.3) is 11.5 Å². The number of hydrogen-bond acceptors (Lipinski definition) is 6. The zero-order valence-electron chi connectivity index (χ0n) is 17.8. The van der Waals surface area contributed by atoms with Crippen LogP contribution in [-0.4, -0.2) is 40.5 Å². The Kier molecular flexibility index (Phi) is 5.54. The van der Waals surface area contributed by atoms with Gasteiger partial charge in [0.1, 0.15) is 11.5 Å². The minimum absolute atomic E-state index is 0.452. The summed E-state index contributed by atoms with van der Waals surface area (Å²) in [6, 6.07) is 16.6. The average molecular weight is 414 g/mol. The lowest BCUT2D eigenvalue weighted by Crippen LogP contribution is -2.55. The van der Waals surface area contributed by atoms with Crippen LogP contribution < -0.4 is 5.32 Å². The fraction of sp³-hybridized carbons (Fsp3) is 0.400. The Labute approximate surface area is 182 Å². The maximum absolute atomic E-state index is 9.08. The largest absolute Gasteiger partial charge is 0.463 e. The number of nitriles is 1. The number of hydrogen-bond donors (Lipinski definition) is 1. The lowest BCUT2D eigenvalue weighted by Gasteiger charge is -2.50. The molecule has 6 rings (SSSR count). The summed E-state index contributed by atoms with van der Waals surface area (Å²) in [6.07, 6.45) is 4.11. The minimum Gasteiger partial charge on any atom is -0.463 e. The van der Waals surface area contributed by atoms with Crippen LogP contribution in [0.1, 0.15) is 41.4 Å². The molecule has 4 atom stereocenters. The number of benzene rings is 1. The summed E-state index contributed by atoms with van der Waals surface area (Å²) in [4.78, 5) is 12.0. The van der Waals surface area contributed by atoms with E-state index in [9.17, 15) is 0 Å². The monoisotopic (exact) mass is 413 g/mol. The molecule has 2 aromatic heterocycles. The van der Waals surface area contributed by atoms with Gasteiger partial charge in [-0.25, -0.2) is 9.97 Å². The van der Waals surface area contributed by atoms with E-state index in [0.29, 0.717) is 17.9 Å². The third kappa shape index (κ3) is 4.25. The maximum atomic E-state index is 9.08. The molecule has 0 saturated carbocycles.